The van der Waals surface area contributed by atoms with Gasteiger partial charge in [-0.1, -0.05) is 24.3 Å². The molecule has 22 heavy (non-hydrogen) atoms. The van der Waals surface area contributed by atoms with Gasteiger partial charge in [-0.3, -0.25) is 4.98 Å². The minimum atomic E-state index is -0.906. The van der Waals surface area contributed by atoms with Crippen LogP contribution in [0, 0.1) is 0 Å². The van der Waals surface area contributed by atoms with E-state index in [1.54, 1.807) is 13.2 Å². The van der Waals surface area contributed by atoms with Crippen molar-refractivity contribution in [3.8, 4) is 16.9 Å². The zero-order chi connectivity index (χ0) is 15.5. The summed E-state index contributed by atoms with van der Waals surface area (Å²) in [6.07, 6.45) is 3.47. The number of aromatic nitrogens is 1. The lowest BCUT2D eigenvalue weighted by Gasteiger charge is -2.29. The number of fused-ring (bicyclic) bond motifs is 1. The molecule has 1 atom stereocenters. The Bertz CT molecular complexity index is 673. The molecule has 1 amide bonds. The number of hydrogen-bond acceptors (Lipinski definition) is 3. The van der Waals surface area contributed by atoms with E-state index in [1.165, 1.54) is 4.90 Å². The standard InChI is InChI=1S/C17H18N2O3/c1-19(17(20)21)11-13-7-9-22-16-14(5-2-6-15(13)16)12-4-3-8-18-10-12/h2-6,8,10,13H,7,9,11H2,1H3,(H,20,21)/t13-/m1/s1. The average molecular weight is 298 g/mol. The van der Waals surface area contributed by atoms with Crippen molar-refractivity contribution in [2.24, 2.45) is 0 Å². The first-order chi connectivity index (χ1) is 10.7. The molecule has 0 unspecified atom stereocenters. The first-order valence-corrected chi connectivity index (χ1v) is 7.27. The first kappa shape index (κ1) is 14.4. The van der Waals surface area contributed by atoms with Gasteiger partial charge < -0.3 is 14.7 Å². The Labute approximate surface area is 129 Å². The number of likely N-dealkylation sites (N-methyl/N-ethyl adjacent to an activating group) is 1. The lowest BCUT2D eigenvalue weighted by atomic mass is 9.89. The van der Waals surface area contributed by atoms with Gasteiger partial charge >= 0.3 is 6.09 Å². The molecule has 0 bridgehead atoms. The lowest BCUT2D eigenvalue weighted by molar-refractivity contribution is 0.149. The van der Waals surface area contributed by atoms with E-state index >= 15 is 0 Å². The van der Waals surface area contributed by atoms with Gasteiger partial charge in [-0.2, -0.15) is 0 Å². The summed E-state index contributed by atoms with van der Waals surface area (Å²) in [4.78, 5) is 16.5. The SMILES string of the molecule is CN(C[C@H]1CCOc2c(-c3cccnc3)cccc21)C(=O)O. The maximum Gasteiger partial charge on any atom is 0.407 e. The molecule has 114 valence electrons. The van der Waals surface area contributed by atoms with Crippen LogP contribution in [0.4, 0.5) is 4.79 Å². The van der Waals surface area contributed by atoms with E-state index in [2.05, 4.69) is 4.98 Å². The molecule has 1 aromatic heterocycles. The van der Waals surface area contributed by atoms with Crippen molar-refractivity contribution in [2.75, 3.05) is 20.2 Å². The van der Waals surface area contributed by atoms with Crippen LogP contribution in [0.1, 0.15) is 17.9 Å². The predicted molar refractivity (Wildman–Crippen MR) is 83.2 cm³/mol. The Hall–Kier alpha value is -2.56. The van der Waals surface area contributed by atoms with Crippen molar-refractivity contribution in [3.63, 3.8) is 0 Å². The van der Waals surface area contributed by atoms with Gasteiger partial charge in [0.25, 0.3) is 0 Å². The van der Waals surface area contributed by atoms with Crippen molar-refractivity contribution in [1.29, 1.82) is 0 Å². The highest BCUT2D eigenvalue weighted by molar-refractivity contribution is 5.72. The summed E-state index contributed by atoms with van der Waals surface area (Å²) in [6.45, 7) is 1.07. The molecule has 0 aliphatic carbocycles. The minimum Gasteiger partial charge on any atom is -0.493 e. The van der Waals surface area contributed by atoms with Crippen LogP contribution in [0.5, 0.6) is 5.75 Å². The van der Waals surface area contributed by atoms with Crippen molar-refractivity contribution in [1.82, 2.24) is 9.88 Å². The van der Waals surface area contributed by atoms with E-state index in [9.17, 15) is 4.79 Å². The minimum absolute atomic E-state index is 0.154. The number of carboxylic acid groups (broad SMARTS) is 1. The largest absolute Gasteiger partial charge is 0.493 e. The molecule has 0 saturated heterocycles. The highest BCUT2D eigenvalue weighted by Crippen LogP contribution is 2.40. The zero-order valence-electron chi connectivity index (χ0n) is 12.4. The lowest BCUT2D eigenvalue weighted by Crippen LogP contribution is -2.31. The maximum atomic E-state index is 11.1. The number of benzene rings is 1. The molecule has 5 nitrogen and oxygen atoms in total. The summed E-state index contributed by atoms with van der Waals surface area (Å²) in [5, 5.41) is 9.08. The van der Waals surface area contributed by atoms with Gasteiger partial charge in [-0.25, -0.2) is 4.79 Å². The molecule has 1 N–H and O–H groups in total. The van der Waals surface area contributed by atoms with Crippen molar-refractivity contribution in [2.45, 2.75) is 12.3 Å². The quantitative estimate of drug-likeness (QED) is 0.945. The van der Waals surface area contributed by atoms with Gasteiger partial charge in [0.05, 0.1) is 6.61 Å². The maximum absolute atomic E-state index is 11.1. The number of nitrogens with zero attached hydrogens (tertiary/aromatic N) is 2. The molecule has 0 saturated carbocycles. The third-order valence-electron chi connectivity index (χ3n) is 3.99. The molecule has 1 aliphatic rings. The Morgan fingerprint density at radius 3 is 3.00 bits per heavy atom. The molecular weight excluding hydrogens is 280 g/mol. The number of carbonyl (C=O) groups is 1. The number of amides is 1. The number of pyridine rings is 1. The third-order valence-corrected chi connectivity index (χ3v) is 3.99. The Balaban J connectivity index is 1.97. The number of rotatable bonds is 3. The topological polar surface area (TPSA) is 62.7 Å². The van der Waals surface area contributed by atoms with E-state index in [0.29, 0.717) is 13.2 Å². The first-order valence-electron chi connectivity index (χ1n) is 7.27. The fraction of sp³-hybridized carbons (Fsp3) is 0.294. The number of ether oxygens (including phenoxy) is 1. The highest BCUT2D eigenvalue weighted by atomic mass is 16.5. The molecule has 0 fully saturated rings. The molecule has 2 heterocycles. The van der Waals surface area contributed by atoms with Crippen molar-refractivity contribution < 1.29 is 14.6 Å². The highest BCUT2D eigenvalue weighted by Gasteiger charge is 2.26. The second kappa shape index (κ2) is 6.05. The molecule has 1 aliphatic heterocycles. The molecule has 2 aromatic rings. The fourth-order valence-corrected chi connectivity index (χ4v) is 2.84. The molecule has 1 aromatic carbocycles. The smallest absolute Gasteiger partial charge is 0.407 e. The van der Waals surface area contributed by atoms with Crippen LogP contribution in [0.15, 0.2) is 42.7 Å². The summed E-state index contributed by atoms with van der Waals surface area (Å²) < 4.78 is 5.89. The van der Waals surface area contributed by atoms with Crippen LogP contribution in [-0.4, -0.2) is 41.3 Å². The van der Waals surface area contributed by atoms with E-state index in [1.807, 2.05) is 36.5 Å². The van der Waals surface area contributed by atoms with E-state index in [4.69, 9.17) is 9.84 Å². The zero-order valence-corrected chi connectivity index (χ0v) is 12.4. The fourth-order valence-electron chi connectivity index (χ4n) is 2.84. The van der Waals surface area contributed by atoms with Crippen LogP contribution < -0.4 is 4.74 Å². The van der Waals surface area contributed by atoms with Crippen molar-refractivity contribution >= 4 is 6.09 Å². The summed E-state index contributed by atoms with van der Waals surface area (Å²) in [5.74, 6) is 1.01. The molecule has 0 spiro atoms. The van der Waals surface area contributed by atoms with Crippen LogP contribution >= 0.6 is 0 Å². The summed E-state index contributed by atoms with van der Waals surface area (Å²) in [7, 11) is 1.60. The van der Waals surface area contributed by atoms with Crippen LogP contribution in [0.3, 0.4) is 0 Å². The molecule has 3 rings (SSSR count). The van der Waals surface area contributed by atoms with Gasteiger partial charge in [0.15, 0.2) is 0 Å². The Morgan fingerprint density at radius 2 is 2.27 bits per heavy atom. The van der Waals surface area contributed by atoms with Crippen LogP contribution in [0.25, 0.3) is 11.1 Å². The van der Waals surface area contributed by atoms with Crippen LogP contribution in [-0.2, 0) is 0 Å². The second-order valence-electron chi connectivity index (χ2n) is 5.46. The normalized spacial score (nSPS) is 16.5. The second-order valence-corrected chi connectivity index (χ2v) is 5.46. The molecule has 0 radical (unpaired) electrons. The van der Waals surface area contributed by atoms with Gasteiger partial charge in [-0.05, 0) is 18.1 Å². The number of para-hydroxylation sites is 1. The predicted octanol–water partition coefficient (Wildman–Crippen LogP) is 3.22. The summed E-state index contributed by atoms with van der Waals surface area (Å²) >= 11 is 0. The Morgan fingerprint density at radius 1 is 1.41 bits per heavy atom. The summed E-state index contributed by atoms with van der Waals surface area (Å²) in [6, 6.07) is 9.92. The van der Waals surface area contributed by atoms with E-state index in [0.717, 1.165) is 28.9 Å². The third kappa shape index (κ3) is 2.74. The molecular formula is C17H18N2O3. The van der Waals surface area contributed by atoms with Crippen LogP contribution in [0.2, 0.25) is 0 Å². The van der Waals surface area contributed by atoms with Gasteiger partial charge in [0, 0.05) is 43.0 Å². The van der Waals surface area contributed by atoms with Gasteiger partial charge in [0.1, 0.15) is 5.75 Å². The average Bonchev–Trinajstić information content (AvgIpc) is 2.55. The van der Waals surface area contributed by atoms with Gasteiger partial charge in [0.2, 0.25) is 0 Å². The summed E-state index contributed by atoms with van der Waals surface area (Å²) in [5.41, 5.74) is 3.08. The monoisotopic (exact) mass is 298 g/mol. The number of hydrogen-bond donors (Lipinski definition) is 1. The van der Waals surface area contributed by atoms with E-state index < -0.39 is 6.09 Å². The van der Waals surface area contributed by atoms with Crippen molar-refractivity contribution in [3.05, 3.63) is 48.3 Å². The Kier molecular flexibility index (Phi) is 3.96. The van der Waals surface area contributed by atoms with Gasteiger partial charge in [-0.15, -0.1) is 0 Å². The van der Waals surface area contributed by atoms with E-state index in [-0.39, 0.29) is 5.92 Å². The molecule has 5 heteroatoms.